The van der Waals surface area contributed by atoms with Crippen molar-refractivity contribution < 1.29 is 13.4 Å². The van der Waals surface area contributed by atoms with Gasteiger partial charge in [-0.15, -0.1) is 0 Å². The molecule has 3 heterocycles. The van der Waals surface area contributed by atoms with Crippen molar-refractivity contribution in [2.75, 3.05) is 31.2 Å². The monoisotopic (exact) mass is 477 g/mol. The van der Waals surface area contributed by atoms with Crippen molar-refractivity contribution in [3.8, 4) is 0 Å². The van der Waals surface area contributed by atoms with E-state index >= 15 is 0 Å². The van der Waals surface area contributed by atoms with Crippen LogP contribution in [0.25, 0.3) is 0 Å². The fourth-order valence-electron chi connectivity index (χ4n) is 4.23. The van der Waals surface area contributed by atoms with Gasteiger partial charge in [0, 0.05) is 28.2 Å². The van der Waals surface area contributed by atoms with Crippen LogP contribution in [0.15, 0.2) is 41.5 Å². The standard InChI is InChI=1S/C22H25ClFN5O2S/c1-21(13-32(31)22(20(25)28-21)7-9-29(2)10-8-22)16-11-15(4-5-17(16)24)27-19(30)18-6-3-14(23)12-26-18/h3-6,11-12H,7-10,13H2,1-2H3,(H2,25,28)(H,27,30)/t21-,32?/m0/s1. The maximum absolute atomic E-state index is 14.9. The third-order valence-electron chi connectivity index (χ3n) is 6.24. The Morgan fingerprint density at radius 3 is 2.62 bits per heavy atom. The Hall–Kier alpha value is -2.36. The van der Waals surface area contributed by atoms with E-state index < -0.39 is 32.8 Å². The molecule has 1 spiro atoms. The predicted molar refractivity (Wildman–Crippen MR) is 125 cm³/mol. The van der Waals surface area contributed by atoms with Crippen molar-refractivity contribution >= 4 is 39.8 Å². The van der Waals surface area contributed by atoms with Crippen LogP contribution in [0.5, 0.6) is 0 Å². The fraction of sp³-hybridized carbons (Fsp3) is 0.409. The number of carbonyl (C=O) groups is 1. The summed E-state index contributed by atoms with van der Waals surface area (Å²) in [5.41, 5.74) is 6.06. The third kappa shape index (κ3) is 4.16. The van der Waals surface area contributed by atoms with Crippen molar-refractivity contribution in [1.82, 2.24) is 9.88 Å². The van der Waals surface area contributed by atoms with Gasteiger partial charge in [-0.2, -0.15) is 0 Å². The topological polar surface area (TPSA) is 101 Å². The minimum atomic E-state index is -1.32. The van der Waals surface area contributed by atoms with Gasteiger partial charge in [-0.25, -0.2) is 9.37 Å². The van der Waals surface area contributed by atoms with Crippen LogP contribution in [0.2, 0.25) is 5.02 Å². The number of pyridine rings is 1. The largest absolute Gasteiger partial charge is 0.386 e. The Bertz CT molecular complexity index is 1100. The van der Waals surface area contributed by atoms with E-state index in [1.165, 1.54) is 30.5 Å². The first-order chi connectivity index (χ1) is 15.1. The molecule has 7 nitrogen and oxygen atoms in total. The number of nitrogens with zero attached hydrogens (tertiary/aromatic N) is 3. The number of hydrogen-bond donors (Lipinski definition) is 2. The lowest BCUT2D eigenvalue weighted by molar-refractivity contribution is 0.102. The number of piperidine rings is 1. The maximum Gasteiger partial charge on any atom is 0.274 e. The summed E-state index contributed by atoms with van der Waals surface area (Å²) in [6, 6.07) is 7.30. The molecule has 2 atom stereocenters. The summed E-state index contributed by atoms with van der Waals surface area (Å²) in [7, 11) is 0.702. The second-order valence-electron chi connectivity index (χ2n) is 8.57. The number of halogens is 2. The SMILES string of the molecule is CN1CCC2(CC1)C(N)=N[C@](C)(c1cc(NC(=O)c3ccc(Cl)cn3)ccc1F)CS2=O. The molecule has 1 amide bonds. The third-order valence-corrected chi connectivity index (χ3v) is 8.78. The summed E-state index contributed by atoms with van der Waals surface area (Å²) in [6.45, 7) is 3.30. The molecule has 2 aromatic rings. The second-order valence-corrected chi connectivity index (χ2v) is 10.8. The highest BCUT2D eigenvalue weighted by atomic mass is 35.5. The zero-order valence-corrected chi connectivity index (χ0v) is 19.5. The van der Waals surface area contributed by atoms with Gasteiger partial charge in [0.25, 0.3) is 5.91 Å². The Balaban J connectivity index is 1.63. The van der Waals surface area contributed by atoms with Crippen molar-refractivity contribution in [2.24, 2.45) is 10.7 Å². The molecule has 32 heavy (non-hydrogen) atoms. The van der Waals surface area contributed by atoms with Gasteiger partial charge >= 0.3 is 0 Å². The van der Waals surface area contributed by atoms with Crippen LogP contribution < -0.4 is 11.1 Å². The molecule has 10 heteroatoms. The fourth-order valence-corrected chi connectivity index (χ4v) is 6.27. The number of nitrogens with one attached hydrogen (secondary N) is 1. The molecule has 1 aromatic heterocycles. The molecule has 1 fully saturated rings. The van der Waals surface area contributed by atoms with Gasteiger partial charge in [-0.1, -0.05) is 11.6 Å². The molecule has 2 aliphatic heterocycles. The molecule has 4 rings (SSSR count). The molecule has 3 N–H and O–H groups in total. The summed E-state index contributed by atoms with van der Waals surface area (Å²) >= 11 is 5.81. The number of amides is 1. The zero-order valence-electron chi connectivity index (χ0n) is 17.9. The van der Waals surface area contributed by atoms with Gasteiger partial charge in [0.05, 0.1) is 16.3 Å². The Morgan fingerprint density at radius 1 is 1.28 bits per heavy atom. The minimum absolute atomic E-state index is 0.157. The average Bonchev–Trinajstić information content (AvgIpc) is 2.75. The molecule has 0 saturated carbocycles. The zero-order chi connectivity index (χ0) is 23.1. The molecular weight excluding hydrogens is 453 g/mol. The molecule has 1 unspecified atom stereocenters. The lowest BCUT2D eigenvalue weighted by atomic mass is 9.90. The number of carbonyl (C=O) groups excluding carboxylic acids is 1. The number of benzene rings is 1. The van der Waals surface area contributed by atoms with Crippen LogP contribution in [-0.2, 0) is 16.3 Å². The van der Waals surface area contributed by atoms with E-state index in [1.54, 1.807) is 13.0 Å². The number of aromatic nitrogens is 1. The van der Waals surface area contributed by atoms with Crippen molar-refractivity contribution in [2.45, 2.75) is 30.1 Å². The van der Waals surface area contributed by atoms with E-state index in [9.17, 15) is 13.4 Å². The summed E-state index contributed by atoms with van der Waals surface area (Å²) < 4.78 is 27.6. The van der Waals surface area contributed by atoms with Crippen molar-refractivity contribution in [3.05, 3.63) is 58.6 Å². The van der Waals surface area contributed by atoms with Gasteiger partial charge in [-0.3, -0.25) is 14.0 Å². The first kappa shape index (κ1) is 22.8. The summed E-state index contributed by atoms with van der Waals surface area (Å²) in [6.07, 6.45) is 2.70. The highest BCUT2D eigenvalue weighted by molar-refractivity contribution is 7.87. The number of nitrogens with two attached hydrogens (primary N) is 1. The number of amidine groups is 1. The normalized spacial score (nSPS) is 25.4. The minimum Gasteiger partial charge on any atom is -0.386 e. The van der Waals surface area contributed by atoms with Crippen LogP contribution in [0, 0.1) is 5.82 Å². The highest BCUT2D eigenvalue weighted by Gasteiger charge is 2.50. The maximum atomic E-state index is 14.9. The number of hydrogen-bond acceptors (Lipinski definition) is 6. The molecular formula is C22H25ClFN5O2S. The van der Waals surface area contributed by atoms with Gasteiger partial charge in [0.2, 0.25) is 0 Å². The molecule has 0 aliphatic carbocycles. The predicted octanol–water partition coefficient (Wildman–Crippen LogP) is 2.93. The van der Waals surface area contributed by atoms with E-state index in [0.717, 1.165) is 13.1 Å². The summed E-state index contributed by atoms with van der Waals surface area (Å²) in [4.78, 5) is 23.4. The quantitative estimate of drug-likeness (QED) is 0.707. The van der Waals surface area contributed by atoms with Crippen molar-refractivity contribution in [1.29, 1.82) is 0 Å². The first-order valence-corrected chi connectivity index (χ1v) is 12.0. The van der Waals surface area contributed by atoms with Gasteiger partial charge in [0.1, 0.15) is 22.1 Å². The molecule has 0 bridgehead atoms. The van der Waals surface area contributed by atoms with E-state index in [1.807, 2.05) is 7.05 Å². The van der Waals surface area contributed by atoms with Crippen LogP contribution in [-0.4, -0.2) is 56.5 Å². The average molecular weight is 478 g/mol. The van der Waals surface area contributed by atoms with Gasteiger partial charge < -0.3 is 16.0 Å². The molecule has 1 saturated heterocycles. The summed E-state index contributed by atoms with van der Waals surface area (Å²) in [5, 5.41) is 3.13. The lowest BCUT2D eigenvalue weighted by Crippen LogP contribution is -2.59. The Morgan fingerprint density at radius 2 is 2.00 bits per heavy atom. The van der Waals surface area contributed by atoms with E-state index in [0.29, 0.717) is 29.4 Å². The number of aliphatic imine (C=N–C) groups is 1. The van der Waals surface area contributed by atoms with E-state index in [2.05, 4.69) is 20.2 Å². The van der Waals surface area contributed by atoms with Crippen LogP contribution >= 0.6 is 11.6 Å². The van der Waals surface area contributed by atoms with Crippen molar-refractivity contribution in [3.63, 3.8) is 0 Å². The molecule has 2 aliphatic rings. The van der Waals surface area contributed by atoms with Gasteiger partial charge in [-0.05, 0) is 70.2 Å². The lowest BCUT2D eigenvalue weighted by Gasteiger charge is -2.45. The Labute approximate surface area is 193 Å². The molecule has 0 radical (unpaired) electrons. The highest BCUT2D eigenvalue weighted by Crippen LogP contribution is 2.41. The van der Waals surface area contributed by atoms with Crippen LogP contribution in [0.4, 0.5) is 10.1 Å². The van der Waals surface area contributed by atoms with Crippen LogP contribution in [0.1, 0.15) is 35.8 Å². The number of anilines is 1. The number of rotatable bonds is 3. The van der Waals surface area contributed by atoms with Gasteiger partial charge in [0.15, 0.2) is 0 Å². The molecule has 1 aromatic carbocycles. The summed E-state index contributed by atoms with van der Waals surface area (Å²) in [5.74, 6) is -0.477. The first-order valence-electron chi connectivity index (χ1n) is 10.3. The second kappa shape index (κ2) is 8.53. The smallest absolute Gasteiger partial charge is 0.274 e. The van der Waals surface area contributed by atoms with Crippen LogP contribution in [0.3, 0.4) is 0 Å². The number of likely N-dealkylation sites (tertiary alicyclic amines) is 1. The molecule has 170 valence electrons. The van der Waals surface area contributed by atoms with E-state index in [4.69, 9.17) is 17.3 Å². The Kier molecular flexibility index (Phi) is 6.08. The van der Waals surface area contributed by atoms with E-state index in [-0.39, 0.29) is 17.0 Å².